The minimum atomic E-state index is -0.841. The first-order valence-electron chi connectivity index (χ1n) is 26.3. The number of rotatable bonds is 45. The van der Waals surface area contributed by atoms with E-state index in [1.54, 1.807) is 0 Å². The highest BCUT2D eigenvalue weighted by Crippen LogP contribution is 2.11. The third-order valence-corrected chi connectivity index (χ3v) is 10.3. The molecular weight excluding hydrogens is 829 g/mol. The fourth-order valence-corrected chi connectivity index (χ4v) is 6.41. The molecule has 374 valence electrons. The zero-order valence-electron chi connectivity index (χ0n) is 42.6. The van der Waals surface area contributed by atoms with Crippen LogP contribution in [-0.2, 0) is 28.6 Å². The van der Waals surface area contributed by atoms with E-state index in [0.29, 0.717) is 19.3 Å². The van der Waals surface area contributed by atoms with Gasteiger partial charge < -0.3 is 14.2 Å². The first kappa shape index (κ1) is 62.3. The van der Waals surface area contributed by atoms with E-state index >= 15 is 0 Å². The zero-order valence-corrected chi connectivity index (χ0v) is 42.6. The summed E-state index contributed by atoms with van der Waals surface area (Å²) in [5.74, 6) is -1.07. The second-order valence-corrected chi connectivity index (χ2v) is 16.7. The Kier molecular flexibility index (Phi) is 50.1. The van der Waals surface area contributed by atoms with Gasteiger partial charge in [0.2, 0.25) is 0 Å². The molecule has 0 saturated carbocycles. The normalized spacial score (nSPS) is 13.3. The van der Waals surface area contributed by atoms with E-state index in [1.165, 1.54) is 25.7 Å². The van der Waals surface area contributed by atoms with Crippen molar-refractivity contribution < 1.29 is 28.6 Å². The lowest BCUT2D eigenvalue weighted by atomic mass is 10.1. The van der Waals surface area contributed by atoms with E-state index < -0.39 is 12.1 Å². The van der Waals surface area contributed by atoms with Crippen molar-refractivity contribution in [2.45, 2.75) is 207 Å². The molecule has 0 aliphatic rings. The Morgan fingerprint density at radius 1 is 0.313 bits per heavy atom. The maximum absolute atomic E-state index is 12.8. The second-order valence-electron chi connectivity index (χ2n) is 16.7. The average Bonchev–Trinajstić information content (AvgIpc) is 3.33. The van der Waals surface area contributed by atoms with E-state index in [2.05, 4.69) is 154 Å². The molecule has 6 nitrogen and oxygen atoms in total. The van der Waals surface area contributed by atoms with Crippen LogP contribution in [0, 0.1) is 0 Å². The molecule has 6 heteroatoms. The Bertz CT molecular complexity index is 1530. The first-order valence-corrected chi connectivity index (χ1v) is 26.3. The predicted octanol–water partition coefficient (Wildman–Crippen LogP) is 17.6. The number of esters is 3. The van der Waals surface area contributed by atoms with Crippen molar-refractivity contribution in [1.82, 2.24) is 0 Å². The van der Waals surface area contributed by atoms with Crippen LogP contribution in [0.25, 0.3) is 0 Å². The van der Waals surface area contributed by atoms with Gasteiger partial charge in [0.1, 0.15) is 13.2 Å². The Labute approximate surface area is 410 Å². The highest BCUT2D eigenvalue weighted by atomic mass is 16.6. The summed E-state index contributed by atoms with van der Waals surface area (Å²) in [6.07, 6.45) is 77.0. The van der Waals surface area contributed by atoms with Crippen LogP contribution in [-0.4, -0.2) is 37.2 Å². The summed E-state index contributed by atoms with van der Waals surface area (Å²) in [5.41, 5.74) is 0. The minimum absolute atomic E-state index is 0.130. The van der Waals surface area contributed by atoms with Gasteiger partial charge in [-0.3, -0.25) is 14.4 Å². The largest absolute Gasteiger partial charge is 0.462 e. The van der Waals surface area contributed by atoms with Gasteiger partial charge in [-0.2, -0.15) is 0 Å². The standard InChI is InChI=1S/C61H94O6/c1-4-7-10-13-16-19-22-24-26-28-30-32-34-36-39-42-45-48-51-54-60(63)66-57-58(56-65-59(62)53-50-47-44-41-38-21-18-15-12-9-6-3)67-61(64)55-52-49-46-43-40-37-35-33-31-29-27-25-23-20-17-14-11-8-5-2/h7-8,10-11,15-20,24-27,30-33,36-37,39-40,46,49,58H,4-6,9,12-14,21-23,28-29,34-35,38,41-45,47-48,50-57H2,1-3H3/b10-7-,11-8-,18-15-,19-16-,20-17-,26-24-,27-25-,32-30-,33-31-,39-36-,40-37-,49-46-/t58-/m0/s1. The van der Waals surface area contributed by atoms with Crippen molar-refractivity contribution >= 4 is 17.9 Å². The van der Waals surface area contributed by atoms with Gasteiger partial charge in [0.25, 0.3) is 0 Å². The molecule has 0 aromatic carbocycles. The number of unbranched alkanes of at least 4 members (excludes halogenated alkanes) is 10. The fourth-order valence-electron chi connectivity index (χ4n) is 6.41. The van der Waals surface area contributed by atoms with Gasteiger partial charge in [-0.1, -0.05) is 205 Å². The third kappa shape index (κ3) is 52.1. The van der Waals surface area contributed by atoms with Crippen LogP contribution >= 0.6 is 0 Å². The second kappa shape index (κ2) is 53.9. The number of hydrogen-bond donors (Lipinski definition) is 0. The summed E-state index contributed by atoms with van der Waals surface area (Å²) >= 11 is 0. The van der Waals surface area contributed by atoms with E-state index in [0.717, 1.165) is 128 Å². The van der Waals surface area contributed by atoms with Gasteiger partial charge in [0, 0.05) is 19.3 Å². The molecule has 0 aliphatic heterocycles. The van der Waals surface area contributed by atoms with Crippen molar-refractivity contribution in [2.75, 3.05) is 13.2 Å². The Morgan fingerprint density at radius 3 is 1.00 bits per heavy atom. The van der Waals surface area contributed by atoms with Gasteiger partial charge in [-0.25, -0.2) is 0 Å². The third-order valence-electron chi connectivity index (χ3n) is 10.3. The van der Waals surface area contributed by atoms with Crippen molar-refractivity contribution in [2.24, 2.45) is 0 Å². The van der Waals surface area contributed by atoms with Crippen molar-refractivity contribution in [1.29, 1.82) is 0 Å². The lowest BCUT2D eigenvalue weighted by Gasteiger charge is -2.18. The van der Waals surface area contributed by atoms with Gasteiger partial charge in [0.15, 0.2) is 6.10 Å². The SMILES string of the molecule is CC/C=C\C/C=C\C/C=C\C/C=C\C/C=C\C/C=C\CCC(=O)O[C@H](COC(=O)CCCCC/C=C\C/C=C\C/C=C\C/C=C\C/C=C\CC)COC(=O)CCCCCCC/C=C\CCCC. The maximum Gasteiger partial charge on any atom is 0.306 e. The van der Waals surface area contributed by atoms with Gasteiger partial charge in [-0.15, -0.1) is 0 Å². The molecule has 0 N–H and O–H groups in total. The Balaban J connectivity index is 4.58. The van der Waals surface area contributed by atoms with Crippen LogP contribution in [0.5, 0.6) is 0 Å². The van der Waals surface area contributed by atoms with Gasteiger partial charge in [0.05, 0.1) is 0 Å². The molecule has 0 rings (SSSR count). The van der Waals surface area contributed by atoms with Crippen LogP contribution in [0.3, 0.4) is 0 Å². The number of ether oxygens (including phenoxy) is 3. The minimum Gasteiger partial charge on any atom is -0.462 e. The molecule has 0 saturated heterocycles. The van der Waals surface area contributed by atoms with Crippen LogP contribution in [0.15, 0.2) is 146 Å². The van der Waals surface area contributed by atoms with Crippen molar-refractivity contribution in [3.05, 3.63) is 146 Å². The summed E-state index contributed by atoms with van der Waals surface area (Å²) in [5, 5.41) is 0. The fraction of sp³-hybridized carbons (Fsp3) is 0.557. The summed E-state index contributed by atoms with van der Waals surface area (Å²) in [4.78, 5) is 38.0. The number of allylic oxidation sites excluding steroid dienone is 24. The number of carbonyl (C=O) groups excluding carboxylic acids is 3. The zero-order chi connectivity index (χ0) is 48.6. The molecule has 0 fully saturated rings. The molecule has 0 aromatic heterocycles. The molecule has 0 radical (unpaired) electrons. The summed E-state index contributed by atoms with van der Waals surface area (Å²) in [6.45, 7) is 6.25. The van der Waals surface area contributed by atoms with E-state index in [4.69, 9.17) is 14.2 Å². The summed E-state index contributed by atoms with van der Waals surface area (Å²) in [7, 11) is 0. The molecule has 0 heterocycles. The highest BCUT2D eigenvalue weighted by molar-refractivity contribution is 5.71. The molecule has 1 atom stereocenters. The number of carbonyl (C=O) groups is 3. The lowest BCUT2D eigenvalue weighted by molar-refractivity contribution is -0.166. The Morgan fingerprint density at radius 2 is 0.612 bits per heavy atom. The monoisotopic (exact) mass is 923 g/mol. The predicted molar refractivity (Wildman–Crippen MR) is 288 cm³/mol. The smallest absolute Gasteiger partial charge is 0.306 e. The van der Waals surface area contributed by atoms with E-state index in [9.17, 15) is 14.4 Å². The number of hydrogen-bond acceptors (Lipinski definition) is 6. The van der Waals surface area contributed by atoms with Gasteiger partial charge in [-0.05, 0) is 122 Å². The molecule has 0 aliphatic carbocycles. The van der Waals surface area contributed by atoms with Crippen molar-refractivity contribution in [3.63, 3.8) is 0 Å². The van der Waals surface area contributed by atoms with Crippen LogP contribution in [0.4, 0.5) is 0 Å². The topological polar surface area (TPSA) is 78.9 Å². The van der Waals surface area contributed by atoms with Crippen LogP contribution in [0.2, 0.25) is 0 Å². The van der Waals surface area contributed by atoms with Gasteiger partial charge >= 0.3 is 17.9 Å². The maximum atomic E-state index is 12.8. The lowest BCUT2D eigenvalue weighted by Crippen LogP contribution is -2.30. The molecule has 0 unspecified atom stereocenters. The molecule has 0 spiro atoms. The molecular formula is C61H94O6. The molecule has 0 aromatic rings. The Hall–Kier alpha value is -4.71. The first-order chi connectivity index (χ1) is 33.0. The highest BCUT2D eigenvalue weighted by Gasteiger charge is 2.19. The molecule has 0 bridgehead atoms. The summed E-state index contributed by atoms with van der Waals surface area (Å²) in [6, 6.07) is 0. The van der Waals surface area contributed by atoms with Crippen molar-refractivity contribution in [3.8, 4) is 0 Å². The summed E-state index contributed by atoms with van der Waals surface area (Å²) < 4.78 is 16.7. The average molecular weight is 923 g/mol. The van der Waals surface area contributed by atoms with Crippen LogP contribution in [0.1, 0.15) is 201 Å². The van der Waals surface area contributed by atoms with E-state index in [-0.39, 0.29) is 31.6 Å². The van der Waals surface area contributed by atoms with Crippen LogP contribution < -0.4 is 0 Å². The molecule has 67 heavy (non-hydrogen) atoms. The quantitative estimate of drug-likeness (QED) is 0.0262. The van der Waals surface area contributed by atoms with E-state index in [1.807, 2.05) is 12.2 Å². The molecule has 0 amide bonds.